The van der Waals surface area contributed by atoms with Crippen LogP contribution in [0.5, 0.6) is 0 Å². The number of hydrogen-bond acceptors (Lipinski definition) is 2. The molecule has 0 saturated carbocycles. The Morgan fingerprint density at radius 1 is 0.773 bits per heavy atom. The lowest BCUT2D eigenvalue weighted by atomic mass is 9.99. The van der Waals surface area contributed by atoms with E-state index in [1.807, 2.05) is 24.3 Å². The summed E-state index contributed by atoms with van der Waals surface area (Å²) in [5.74, 6) is 0. The van der Waals surface area contributed by atoms with Crippen molar-refractivity contribution in [3.8, 4) is 0 Å². The van der Waals surface area contributed by atoms with E-state index in [0.29, 0.717) is 12.1 Å². The number of fused-ring (bicyclic) bond motifs is 2. The molecule has 4 atom stereocenters. The van der Waals surface area contributed by atoms with Gasteiger partial charge in [0.1, 0.15) is 0 Å². The van der Waals surface area contributed by atoms with E-state index in [0.717, 1.165) is 29.8 Å². The minimum absolute atomic E-state index is 0.445. The molecule has 0 aliphatic carbocycles. The molecule has 114 valence electrons. The van der Waals surface area contributed by atoms with Crippen molar-refractivity contribution in [1.29, 1.82) is 0 Å². The van der Waals surface area contributed by atoms with Crippen LogP contribution in [0.2, 0.25) is 10.0 Å². The van der Waals surface area contributed by atoms with Gasteiger partial charge in [0, 0.05) is 35.2 Å². The highest BCUT2D eigenvalue weighted by Gasteiger charge is 2.40. The maximum atomic E-state index is 6.03. The van der Waals surface area contributed by atoms with Crippen LogP contribution in [0.4, 0.5) is 0 Å². The third-order valence-corrected chi connectivity index (χ3v) is 5.33. The Hall–Kier alpha value is -1.06. The fourth-order valence-corrected chi connectivity index (χ4v) is 3.96. The third-order valence-electron chi connectivity index (χ3n) is 4.82. The van der Waals surface area contributed by atoms with Gasteiger partial charge in [0.05, 0.1) is 6.67 Å². The number of halogens is 2. The second-order valence-electron chi connectivity index (χ2n) is 6.16. The molecule has 2 bridgehead atoms. The molecule has 2 fully saturated rings. The van der Waals surface area contributed by atoms with E-state index in [-0.39, 0.29) is 0 Å². The molecule has 0 N–H and O–H groups in total. The Morgan fingerprint density at radius 2 is 1.32 bits per heavy atom. The molecule has 4 heteroatoms. The van der Waals surface area contributed by atoms with Gasteiger partial charge in [-0.25, -0.2) is 0 Å². The van der Waals surface area contributed by atoms with Crippen molar-refractivity contribution in [2.75, 3.05) is 19.8 Å². The standard InChI is InChI=1S/C18H18Cl2N2/c19-15-5-1-13(2-6-15)17-9-10-21-11-18(22(17)12-21)14-3-7-16(20)8-4-14/h1-8,17-18H,9-12H2/t17-,18+/m0/s1. The van der Waals surface area contributed by atoms with Crippen LogP contribution in [0.15, 0.2) is 48.5 Å². The zero-order chi connectivity index (χ0) is 15.1. The van der Waals surface area contributed by atoms with Gasteiger partial charge >= 0.3 is 0 Å². The Bertz CT molecular complexity index is 606. The summed E-state index contributed by atoms with van der Waals surface area (Å²) < 4.78 is 0. The van der Waals surface area contributed by atoms with Crippen LogP contribution in [0.25, 0.3) is 0 Å². The largest absolute Gasteiger partial charge is 0.288 e. The molecule has 2 nitrogen and oxygen atoms in total. The minimum atomic E-state index is 0.445. The van der Waals surface area contributed by atoms with Gasteiger partial charge < -0.3 is 0 Å². The summed E-state index contributed by atoms with van der Waals surface area (Å²) in [6.45, 7) is 3.31. The van der Waals surface area contributed by atoms with Crippen LogP contribution in [0.1, 0.15) is 29.6 Å². The highest BCUT2D eigenvalue weighted by atomic mass is 35.5. The molecule has 2 unspecified atom stereocenters. The molecule has 2 saturated heterocycles. The number of hydrogen-bond donors (Lipinski definition) is 0. The predicted molar refractivity (Wildman–Crippen MR) is 91.3 cm³/mol. The Kier molecular flexibility index (Phi) is 3.87. The van der Waals surface area contributed by atoms with Gasteiger partial charge in [0.25, 0.3) is 0 Å². The van der Waals surface area contributed by atoms with Crippen molar-refractivity contribution in [1.82, 2.24) is 9.80 Å². The molecule has 0 radical (unpaired) electrons. The Morgan fingerprint density at radius 3 is 1.91 bits per heavy atom. The van der Waals surface area contributed by atoms with Gasteiger partial charge in [0.2, 0.25) is 0 Å². The molecule has 2 aliphatic rings. The van der Waals surface area contributed by atoms with Crippen molar-refractivity contribution < 1.29 is 0 Å². The lowest BCUT2D eigenvalue weighted by Gasteiger charge is -2.36. The topological polar surface area (TPSA) is 6.48 Å². The molecule has 0 spiro atoms. The van der Waals surface area contributed by atoms with Crippen LogP contribution < -0.4 is 0 Å². The Balaban J connectivity index is 1.64. The van der Waals surface area contributed by atoms with Crippen molar-refractivity contribution in [2.45, 2.75) is 18.5 Å². The second-order valence-corrected chi connectivity index (χ2v) is 7.03. The zero-order valence-electron chi connectivity index (χ0n) is 12.3. The van der Waals surface area contributed by atoms with Crippen LogP contribution in [-0.4, -0.2) is 29.6 Å². The summed E-state index contributed by atoms with van der Waals surface area (Å²) in [5.41, 5.74) is 2.72. The van der Waals surface area contributed by atoms with Crippen molar-refractivity contribution in [3.05, 3.63) is 69.7 Å². The average molecular weight is 333 g/mol. The molecule has 2 aromatic carbocycles. The molecule has 22 heavy (non-hydrogen) atoms. The monoisotopic (exact) mass is 332 g/mol. The van der Waals surface area contributed by atoms with Crippen LogP contribution in [-0.2, 0) is 0 Å². The predicted octanol–water partition coefficient (Wildman–Crippen LogP) is 4.75. The molecule has 0 amide bonds. The maximum absolute atomic E-state index is 6.03. The summed E-state index contributed by atoms with van der Waals surface area (Å²) in [6.07, 6.45) is 1.17. The van der Waals surface area contributed by atoms with Crippen LogP contribution >= 0.6 is 23.2 Å². The van der Waals surface area contributed by atoms with E-state index in [4.69, 9.17) is 23.2 Å². The van der Waals surface area contributed by atoms with Gasteiger partial charge in [-0.3, -0.25) is 9.80 Å². The summed E-state index contributed by atoms with van der Waals surface area (Å²) in [5, 5.41) is 1.60. The third kappa shape index (κ3) is 2.65. The highest BCUT2D eigenvalue weighted by molar-refractivity contribution is 6.30. The van der Waals surface area contributed by atoms with Crippen LogP contribution in [0, 0.1) is 0 Å². The molecule has 2 aromatic rings. The average Bonchev–Trinajstić information content (AvgIpc) is 2.87. The number of rotatable bonds is 2. The molecule has 2 heterocycles. The minimum Gasteiger partial charge on any atom is -0.288 e. The summed E-state index contributed by atoms with van der Waals surface area (Å²) in [4.78, 5) is 5.14. The lowest BCUT2D eigenvalue weighted by Crippen LogP contribution is -2.37. The van der Waals surface area contributed by atoms with Crippen molar-refractivity contribution >= 4 is 23.2 Å². The van der Waals surface area contributed by atoms with Gasteiger partial charge in [-0.1, -0.05) is 47.5 Å². The zero-order valence-corrected chi connectivity index (χ0v) is 13.8. The second kappa shape index (κ2) is 5.86. The summed E-state index contributed by atoms with van der Waals surface area (Å²) in [7, 11) is 0. The van der Waals surface area contributed by atoms with Crippen molar-refractivity contribution in [3.63, 3.8) is 0 Å². The quantitative estimate of drug-likeness (QED) is 0.782. The van der Waals surface area contributed by atoms with E-state index in [9.17, 15) is 0 Å². The smallest absolute Gasteiger partial charge is 0.0519 e. The van der Waals surface area contributed by atoms with E-state index in [1.165, 1.54) is 17.5 Å². The lowest BCUT2D eigenvalue weighted by molar-refractivity contribution is 0.107. The SMILES string of the molecule is Clc1ccc([C@H]2CN3CC[C@@H](c4ccc(Cl)cc4)N2C3)cc1. The fraction of sp³-hybridized carbons (Fsp3) is 0.333. The molecular formula is C18H18Cl2N2. The maximum Gasteiger partial charge on any atom is 0.0519 e. The number of nitrogens with zero attached hydrogens (tertiary/aromatic N) is 2. The van der Waals surface area contributed by atoms with Gasteiger partial charge in [-0.15, -0.1) is 0 Å². The first-order valence-corrected chi connectivity index (χ1v) is 8.45. The van der Waals surface area contributed by atoms with E-state index in [2.05, 4.69) is 34.1 Å². The first-order chi connectivity index (χ1) is 10.7. The Labute approximate surface area is 141 Å². The van der Waals surface area contributed by atoms with E-state index < -0.39 is 0 Å². The van der Waals surface area contributed by atoms with E-state index in [1.54, 1.807) is 0 Å². The summed E-state index contributed by atoms with van der Waals surface area (Å²) >= 11 is 12.1. The summed E-state index contributed by atoms with van der Waals surface area (Å²) in [6, 6.07) is 17.5. The molecule has 4 rings (SSSR count). The van der Waals surface area contributed by atoms with E-state index >= 15 is 0 Å². The molecular weight excluding hydrogens is 315 g/mol. The number of benzene rings is 2. The van der Waals surface area contributed by atoms with Gasteiger partial charge in [-0.2, -0.15) is 0 Å². The normalized spacial score (nSPS) is 30.5. The van der Waals surface area contributed by atoms with Crippen LogP contribution in [0.3, 0.4) is 0 Å². The molecule has 2 aliphatic heterocycles. The van der Waals surface area contributed by atoms with Crippen molar-refractivity contribution in [2.24, 2.45) is 0 Å². The first kappa shape index (κ1) is 14.5. The van der Waals surface area contributed by atoms with Gasteiger partial charge in [0.15, 0.2) is 0 Å². The highest BCUT2D eigenvalue weighted by Crippen LogP contribution is 2.41. The first-order valence-electron chi connectivity index (χ1n) is 7.70. The molecule has 0 aromatic heterocycles. The van der Waals surface area contributed by atoms with Gasteiger partial charge in [-0.05, 0) is 41.8 Å². The fourth-order valence-electron chi connectivity index (χ4n) is 3.71.